The number of hydrogen-bond donors (Lipinski definition) is 1. The number of nitrogens with one attached hydrogen (secondary N) is 1. The smallest absolute Gasteiger partial charge is 0.229 e. The van der Waals surface area contributed by atoms with Crippen LogP contribution in [0.5, 0.6) is 0 Å². The molecule has 0 aliphatic carbocycles. The lowest BCUT2D eigenvalue weighted by atomic mass is 10.2. The van der Waals surface area contributed by atoms with Crippen molar-refractivity contribution < 1.29 is 9.26 Å². The van der Waals surface area contributed by atoms with Crippen LogP contribution in [0, 0.1) is 0 Å². The Morgan fingerprint density at radius 2 is 2.05 bits per heavy atom. The van der Waals surface area contributed by atoms with Gasteiger partial charge < -0.3 is 14.6 Å². The molecule has 1 fully saturated rings. The molecule has 0 bridgehead atoms. The minimum atomic E-state index is 0.0694. The van der Waals surface area contributed by atoms with Crippen LogP contribution >= 0.6 is 23.2 Å². The second-order valence-electron chi connectivity index (χ2n) is 4.57. The van der Waals surface area contributed by atoms with Gasteiger partial charge in [0.05, 0.1) is 19.1 Å². The maximum absolute atomic E-state index is 5.96. The molecule has 2 heterocycles. The van der Waals surface area contributed by atoms with E-state index in [1.165, 1.54) is 0 Å². The van der Waals surface area contributed by atoms with E-state index in [0.717, 1.165) is 18.7 Å². The van der Waals surface area contributed by atoms with Gasteiger partial charge in [-0.3, -0.25) is 0 Å². The molecule has 1 aromatic heterocycles. The summed E-state index contributed by atoms with van der Waals surface area (Å²) < 4.78 is 10.8. The minimum absolute atomic E-state index is 0.0694. The second-order valence-corrected chi connectivity index (χ2v) is 5.44. The van der Waals surface area contributed by atoms with Gasteiger partial charge in [0.15, 0.2) is 0 Å². The summed E-state index contributed by atoms with van der Waals surface area (Å²) in [7, 11) is 0. The Balaban J connectivity index is 1.75. The molecule has 5 nitrogen and oxygen atoms in total. The van der Waals surface area contributed by atoms with E-state index in [0.29, 0.717) is 34.8 Å². The summed E-state index contributed by atoms with van der Waals surface area (Å²) in [4.78, 5) is 4.35. The Bertz CT molecular complexity index is 577. The van der Waals surface area contributed by atoms with E-state index >= 15 is 0 Å². The van der Waals surface area contributed by atoms with Crippen molar-refractivity contribution in [3.63, 3.8) is 0 Å². The summed E-state index contributed by atoms with van der Waals surface area (Å²) in [5, 5.41) is 8.29. The van der Waals surface area contributed by atoms with E-state index < -0.39 is 0 Å². The highest BCUT2D eigenvalue weighted by Crippen LogP contribution is 2.25. The van der Waals surface area contributed by atoms with Crippen LogP contribution in [0.1, 0.15) is 5.89 Å². The third-order valence-electron chi connectivity index (χ3n) is 3.00. The van der Waals surface area contributed by atoms with Crippen LogP contribution in [0.15, 0.2) is 22.7 Å². The number of ether oxygens (including phenoxy) is 1. The quantitative estimate of drug-likeness (QED) is 0.943. The Hall–Kier alpha value is -1.14. The minimum Gasteiger partial charge on any atom is -0.375 e. The lowest BCUT2D eigenvalue weighted by Gasteiger charge is -2.21. The van der Waals surface area contributed by atoms with Crippen molar-refractivity contribution in [2.45, 2.75) is 12.5 Å². The fraction of sp³-hybridized carbons (Fsp3) is 0.385. The Morgan fingerprint density at radius 1 is 1.25 bits per heavy atom. The second kappa shape index (κ2) is 6.10. The number of nitrogens with zero attached hydrogens (tertiary/aromatic N) is 2. The van der Waals surface area contributed by atoms with Crippen molar-refractivity contribution in [1.29, 1.82) is 0 Å². The lowest BCUT2D eigenvalue weighted by molar-refractivity contribution is 0.0246. The average molecular weight is 314 g/mol. The molecule has 20 heavy (non-hydrogen) atoms. The molecule has 0 radical (unpaired) electrons. The summed E-state index contributed by atoms with van der Waals surface area (Å²) in [5.41, 5.74) is 0.736. The van der Waals surface area contributed by atoms with Gasteiger partial charge in [0.2, 0.25) is 11.7 Å². The van der Waals surface area contributed by atoms with Crippen LogP contribution in [0.3, 0.4) is 0 Å². The van der Waals surface area contributed by atoms with E-state index in [1.807, 2.05) is 0 Å². The molecule has 1 unspecified atom stereocenters. The van der Waals surface area contributed by atoms with Crippen molar-refractivity contribution in [2.24, 2.45) is 0 Å². The van der Waals surface area contributed by atoms with E-state index in [-0.39, 0.29) is 6.10 Å². The van der Waals surface area contributed by atoms with Crippen molar-refractivity contribution in [2.75, 3.05) is 19.7 Å². The first kappa shape index (κ1) is 13.8. The van der Waals surface area contributed by atoms with E-state index in [1.54, 1.807) is 18.2 Å². The molecule has 1 aromatic carbocycles. The predicted octanol–water partition coefficient (Wildman–Crippen LogP) is 2.57. The first-order chi connectivity index (χ1) is 9.70. The third-order valence-corrected chi connectivity index (χ3v) is 3.43. The number of benzene rings is 1. The molecule has 3 rings (SSSR count). The molecule has 1 aliphatic heterocycles. The maximum Gasteiger partial charge on any atom is 0.229 e. The standard InChI is InChI=1S/C13H13Cl2N3O2/c14-9-3-8(4-10(15)5-9)13-17-12(20-18-13)6-11-7-16-1-2-19-11/h3-5,11,16H,1-2,6-7H2. The zero-order valence-electron chi connectivity index (χ0n) is 10.6. The molecule has 0 saturated carbocycles. The summed E-state index contributed by atoms with van der Waals surface area (Å²) >= 11 is 11.9. The van der Waals surface area contributed by atoms with E-state index in [9.17, 15) is 0 Å². The van der Waals surface area contributed by atoms with Gasteiger partial charge in [-0.05, 0) is 18.2 Å². The van der Waals surface area contributed by atoms with Crippen molar-refractivity contribution in [3.05, 3.63) is 34.1 Å². The highest BCUT2D eigenvalue weighted by Gasteiger charge is 2.18. The zero-order chi connectivity index (χ0) is 13.9. The van der Waals surface area contributed by atoms with Crippen LogP contribution in [-0.2, 0) is 11.2 Å². The van der Waals surface area contributed by atoms with Crippen molar-refractivity contribution >= 4 is 23.2 Å². The number of hydrogen-bond acceptors (Lipinski definition) is 5. The topological polar surface area (TPSA) is 60.2 Å². The molecule has 1 saturated heterocycles. The van der Waals surface area contributed by atoms with Crippen LogP contribution in [-0.4, -0.2) is 35.9 Å². The van der Waals surface area contributed by atoms with Gasteiger partial charge in [-0.2, -0.15) is 4.98 Å². The summed E-state index contributed by atoms with van der Waals surface area (Å²) in [6.07, 6.45) is 0.661. The maximum atomic E-state index is 5.96. The zero-order valence-corrected chi connectivity index (χ0v) is 12.1. The van der Waals surface area contributed by atoms with Crippen LogP contribution in [0.4, 0.5) is 0 Å². The molecular weight excluding hydrogens is 301 g/mol. The Kier molecular flexibility index (Phi) is 4.21. The highest BCUT2D eigenvalue weighted by molar-refractivity contribution is 6.35. The van der Waals surface area contributed by atoms with E-state index in [2.05, 4.69) is 15.5 Å². The van der Waals surface area contributed by atoms with Crippen LogP contribution in [0.2, 0.25) is 10.0 Å². The van der Waals surface area contributed by atoms with Gasteiger partial charge in [-0.15, -0.1) is 0 Å². The summed E-state index contributed by atoms with van der Waals surface area (Å²) in [6.45, 7) is 2.38. The average Bonchev–Trinajstić information content (AvgIpc) is 2.87. The van der Waals surface area contributed by atoms with Crippen molar-refractivity contribution in [3.8, 4) is 11.4 Å². The first-order valence-electron chi connectivity index (χ1n) is 6.32. The number of rotatable bonds is 3. The highest BCUT2D eigenvalue weighted by atomic mass is 35.5. The van der Waals surface area contributed by atoms with Gasteiger partial charge in [0, 0.05) is 28.7 Å². The monoisotopic (exact) mass is 313 g/mol. The fourth-order valence-corrected chi connectivity index (χ4v) is 2.61. The molecular formula is C13H13Cl2N3O2. The molecule has 1 atom stereocenters. The largest absolute Gasteiger partial charge is 0.375 e. The van der Waals surface area contributed by atoms with Gasteiger partial charge in [-0.1, -0.05) is 28.4 Å². The third kappa shape index (κ3) is 3.30. The van der Waals surface area contributed by atoms with Gasteiger partial charge in [0.25, 0.3) is 0 Å². The van der Waals surface area contributed by atoms with Gasteiger partial charge in [-0.25, -0.2) is 0 Å². The SMILES string of the molecule is Clc1cc(Cl)cc(-c2noc(CC3CNCCO3)n2)c1. The van der Waals surface area contributed by atoms with Crippen LogP contribution in [0.25, 0.3) is 11.4 Å². The number of halogens is 2. The first-order valence-corrected chi connectivity index (χ1v) is 7.07. The Labute approximate surface area is 126 Å². The molecule has 0 amide bonds. The summed E-state index contributed by atoms with van der Waals surface area (Å²) in [6, 6.07) is 5.16. The number of morpholine rings is 1. The normalized spacial score (nSPS) is 19.2. The van der Waals surface area contributed by atoms with Crippen molar-refractivity contribution in [1.82, 2.24) is 15.5 Å². The Morgan fingerprint density at radius 3 is 2.75 bits per heavy atom. The molecule has 106 valence electrons. The molecule has 1 N–H and O–H groups in total. The predicted molar refractivity (Wildman–Crippen MR) is 76.1 cm³/mol. The lowest BCUT2D eigenvalue weighted by Crippen LogP contribution is -2.39. The molecule has 1 aliphatic rings. The van der Waals surface area contributed by atoms with Gasteiger partial charge >= 0.3 is 0 Å². The van der Waals surface area contributed by atoms with Gasteiger partial charge in [0.1, 0.15) is 0 Å². The van der Waals surface area contributed by atoms with E-state index in [4.69, 9.17) is 32.5 Å². The summed E-state index contributed by atoms with van der Waals surface area (Å²) in [5.74, 6) is 1.03. The van der Waals surface area contributed by atoms with Crippen LogP contribution < -0.4 is 5.32 Å². The molecule has 2 aromatic rings. The molecule has 7 heteroatoms. The fourth-order valence-electron chi connectivity index (χ4n) is 2.08. The molecule has 0 spiro atoms. The number of aromatic nitrogens is 2.